The Morgan fingerprint density at radius 2 is 1.92 bits per heavy atom. The van der Waals surface area contributed by atoms with Crippen molar-refractivity contribution >= 4 is 14.9 Å². The van der Waals surface area contributed by atoms with Crippen molar-refractivity contribution in [1.82, 2.24) is 0 Å². The highest BCUT2D eigenvalue weighted by atomic mass is 28.3. The number of oxime groups is 1. The SMILES string of the molecule is C[SiH](C)OC(CC(C)(C)C)=NO. The molecule has 4 heteroatoms. The van der Waals surface area contributed by atoms with Crippen LogP contribution in [0.1, 0.15) is 27.2 Å². The highest BCUT2D eigenvalue weighted by molar-refractivity contribution is 6.50. The standard InChI is InChI=1S/C8H19NO2Si/c1-8(2,3)6-7(9-10)11-12(4)5/h10,12H,6H2,1-5H3. The van der Waals surface area contributed by atoms with E-state index < -0.39 is 9.04 Å². The van der Waals surface area contributed by atoms with Gasteiger partial charge in [-0.15, -0.1) is 0 Å². The van der Waals surface area contributed by atoms with Crippen LogP contribution in [0.15, 0.2) is 5.16 Å². The Labute approximate surface area is 76.2 Å². The van der Waals surface area contributed by atoms with Crippen molar-refractivity contribution < 1.29 is 9.63 Å². The fraction of sp³-hybridized carbons (Fsp3) is 0.875. The van der Waals surface area contributed by atoms with Gasteiger partial charge in [0, 0.05) is 6.42 Å². The summed E-state index contributed by atoms with van der Waals surface area (Å²) >= 11 is 0. The summed E-state index contributed by atoms with van der Waals surface area (Å²) in [5, 5.41) is 11.8. The van der Waals surface area contributed by atoms with E-state index in [1.54, 1.807) is 0 Å². The highest BCUT2D eigenvalue weighted by Gasteiger charge is 2.16. The molecule has 3 nitrogen and oxygen atoms in total. The van der Waals surface area contributed by atoms with Gasteiger partial charge in [-0.3, -0.25) is 0 Å². The molecular formula is C8H19NO2Si. The summed E-state index contributed by atoms with van der Waals surface area (Å²) in [6, 6.07) is 0. The minimum Gasteiger partial charge on any atom is -0.535 e. The Kier molecular flexibility index (Phi) is 4.30. The van der Waals surface area contributed by atoms with Gasteiger partial charge in [-0.25, -0.2) is 0 Å². The Morgan fingerprint density at radius 3 is 2.17 bits per heavy atom. The van der Waals surface area contributed by atoms with Crippen LogP contribution < -0.4 is 0 Å². The molecule has 0 aromatic carbocycles. The van der Waals surface area contributed by atoms with Crippen LogP contribution in [0.5, 0.6) is 0 Å². The molecule has 0 aromatic rings. The maximum absolute atomic E-state index is 8.62. The van der Waals surface area contributed by atoms with E-state index >= 15 is 0 Å². The zero-order chi connectivity index (χ0) is 9.78. The first-order valence-electron chi connectivity index (χ1n) is 4.23. The van der Waals surface area contributed by atoms with E-state index in [2.05, 4.69) is 25.9 Å². The summed E-state index contributed by atoms with van der Waals surface area (Å²) in [6.45, 7) is 10.4. The fourth-order valence-electron chi connectivity index (χ4n) is 0.826. The van der Waals surface area contributed by atoms with Crippen LogP contribution >= 0.6 is 0 Å². The normalized spacial score (nSPS) is 13.7. The van der Waals surface area contributed by atoms with Gasteiger partial charge in [-0.1, -0.05) is 25.9 Å². The number of rotatable bonds is 2. The molecular weight excluding hydrogens is 170 g/mol. The Bertz CT molecular complexity index is 161. The van der Waals surface area contributed by atoms with Crippen molar-refractivity contribution in [3.05, 3.63) is 0 Å². The third-order valence-corrected chi connectivity index (χ3v) is 1.91. The van der Waals surface area contributed by atoms with Crippen molar-refractivity contribution in [2.24, 2.45) is 10.6 Å². The summed E-state index contributed by atoms with van der Waals surface area (Å²) in [5.41, 5.74) is 0.116. The molecule has 0 fully saturated rings. The van der Waals surface area contributed by atoms with E-state index in [0.29, 0.717) is 12.3 Å². The molecule has 0 rings (SSSR count). The molecule has 0 unspecified atom stereocenters. The van der Waals surface area contributed by atoms with Gasteiger partial charge in [0.25, 0.3) is 0 Å². The van der Waals surface area contributed by atoms with Crippen LogP contribution in [0.25, 0.3) is 0 Å². The molecule has 72 valence electrons. The molecule has 1 N–H and O–H groups in total. The number of nitrogens with zero attached hydrogens (tertiary/aromatic N) is 1. The van der Waals surface area contributed by atoms with Crippen molar-refractivity contribution in [1.29, 1.82) is 0 Å². The van der Waals surface area contributed by atoms with Gasteiger partial charge in [0.15, 0.2) is 0 Å². The molecule has 0 aliphatic carbocycles. The molecule has 0 aromatic heterocycles. The predicted molar refractivity (Wildman–Crippen MR) is 53.3 cm³/mol. The van der Waals surface area contributed by atoms with Crippen molar-refractivity contribution in [2.45, 2.75) is 40.3 Å². The lowest BCUT2D eigenvalue weighted by Gasteiger charge is -2.20. The third-order valence-electron chi connectivity index (χ3n) is 1.16. The zero-order valence-electron chi connectivity index (χ0n) is 8.59. The van der Waals surface area contributed by atoms with Gasteiger partial charge in [0.05, 0.1) is 0 Å². The largest absolute Gasteiger partial charge is 0.535 e. The molecule has 0 heterocycles. The van der Waals surface area contributed by atoms with Crippen LogP contribution in [-0.4, -0.2) is 20.1 Å². The lowest BCUT2D eigenvalue weighted by atomic mass is 9.92. The van der Waals surface area contributed by atoms with E-state index in [0.717, 1.165) is 0 Å². The second-order valence-corrected chi connectivity index (χ2v) is 6.73. The lowest BCUT2D eigenvalue weighted by molar-refractivity contribution is 0.291. The molecule has 0 atom stereocenters. The van der Waals surface area contributed by atoms with Crippen LogP contribution in [0.2, 0.25) is 13.1 Å². The van der Waals surface area contributed by atoms with Gasteiger partial charge < -0.3 is 9.63 Å². The summed E-state index contributed by atoms with van der Waals surface area (Å²) in [6.07, 6.45) is 0.689. The van der Waals surface area contributed by atoms with Crippen molar-refractivity contribution in [3.8, 4) is 0 Å². The minimum absolute atomic E-state index is 0.116. The topological polar surface area (TPSA) is 41.8 Å². The van der Waals surface area contributed by atoms with Gasteiger partial charge in [0.1, 0.15) is 0 Å². The van der Waals surface area contributed by atoms with Crippen LogP contribution in [-0.2, 0) is 4.43 Å². The molecule has 0 aliphatic heterocycles. The van der Waals surface area contributed by atoms with Gasteiger partial charge >= 0.3 is 0 Å². The van der Waals surface area contributed by atoms with E-state index in [4.69, 9.17) is 9.63 Å². The first-order chi connectivity index (χ1) is 5.35. The Morgan fingerprint density at radius 1 is 1.42 bits per heavy atom. The molecule has 0 radical (unpaired) electrons. The summed E-state index contributed by atoms with van der Waals surface area (Å²) in [4.78, 5) is 0. The van der Waals surface area contributed by atoms with Crippen LogP contribution in [0.4, 0.5) is 0 Å². The zero-order valence-corrected chi connectivity index (χ0v) is 9.74. The first kappa shape index (κ1) is 11.5. The van der Waals surface area contributed by atoms with Gasteiger partial charge in [0.2, 0.25) is 14.9 Å². The second-order valence-electron chi connectivity index (χ2n) is 4.40. The molecule has 12 heavy (non-hydrogen) atoms. The summed E-state index contributed by atoms with van der Waals surface area (Å²) < 4.78 is 5.41. The highest BCUT2D eigenvalue weighted by Crippen LogP contribution is 2.19. The van der Waals surface area contributed by atoms with Gasteiger partial charge in [-0.2, -0.15) is 0 Å². The fourth-order valence-corrected chi connectivity index (χ4v) is 1.50. The second kappa shape index (κ2) is 4.50. The minimum atomic E-state index is -1.13. The number of hydrogen-bond acceptors (Lipinski definition) is 3. The summed E-state index contributed by atoms with van der Waals surface area (Å²) in [5.74, 6) is 0.476. The van der Waals surface area contributed by atoms with Crippen molar-refractivity contribution in [2.75, 3.05) is 0 Å². The van der Waals surface area contributed by atoms with E-state index in [1.165, 1.54) is 0 Å². The van der Waals surface area contributed by atoms with Crippen molar-refractivity contribution in [3.63, 3.8) is 0 Å². The Balaban J connectivity index is 4.03. The molecule has 0 spiro atoms. The first-order valence-corrected chi connectivity index (χ1v) is 7.01. The van der Waals surface area contributed by atoms with E-state index in [9.17, 15) is 0 Å². The van der Waals surface area contributed by atoms with Crippen LogP contribution in [0, 0.1) is 5.41 Å². The van der Waals surface area contributed by atoms with E-state index in [1.807, 2.05) is 13.1 Å². The average Bonchev–Trinajstić information content (AvgIpc) is 1.82. The van der Waals surface area contributed by atoms with Gasteiger partial charge in [-0.05, 0) is 18.5 Å². The quantitative estimate of drug-likeness (QED) is 0.238. The predicted octanol–water partition coefficient (Wildman–Crippen LogP) is 2.21. The molecule has 0 aliphatic rings. The van der Waals surface area contributed by atoms with E-state index in [-0.39, 0.29) is 5.41 Å². The maximum Gasteiger partial charge on any atom is 0.231 e. The smallest absolute Gasteiger partial charge is 0.231 e. The molecule has 0 amide bonds. The number of hydrogen-bond donors (Lipinski definition) is 1. The Hall–Kier alpha value is -0.513. The average molecular weight is 189 g/mol. The summed E-state index contributed by atoms with van der Waals surface area (Å²) in [7, 11) is -1.13. The molecule has 0 saturated carbocycles. The van der Waals surface area contributed by atoms with Crippen LogP contribution in [0.3, 0.4) is 0 Å². The lowest BCUT2D eigenvalue weighted by Crippen LogP contribution is -2.21. The molecule has 0 bridgehead atoms. The third kappa shape index (κ3) is 6.21. The monoisotopic (exact) mass is 189 g/mol. The molecule has 0 saturated heterocycles. The maximum atomic E-state index is 8.62.